The predicted octanol–water partition coefficient (Wildman–Crippen LogP) is 12.5. The van der Waals surface area contributed by atoms with E-state index in [-0.39, 0.29) is 12.2 Å². The van der Waals surface area contributed by atoms with Gasteiger partial charge in [0.15, 0.2) is 5.79 Å². The molecule has 0 N–H and O–H groups in total. The first-order valence-electron chi connectivity index (χ1n) is 19.6. The maximum Gasteiger partial charge on any atom is 0.163 e. The molecule has 2 atom stereocenters. The van der Waals surface area contributed by atoms with Crippen LogP contribution in [-0.4, -0.2) is 44.4 Å². The Bertz CT molecular complexity index is 505. The SMILES string of the molecule is CCCCCCCCCCCCCCCCOC[C@@H]1OC(C)(C)O[C@H]1COCCCCCCCCCCCCCCCC. The molecule has 1 fully saturated rings. The third kappa shape index (κ3) is 26.7. The Balaban J connectivity index is 1.90. The first-order valence-corrected chi connectivity index (χ1v) is 19.6. The summed E-state index contributed by atoms with van der Waals surface area (Å²) in [6.45, 7) is 11.4. The predicted molar refractivity (Wildman–Crippen MR) is 186 cm³/mol. The van der Waals surface area contributed by atoms with E-state index in [0.717, 1.165) is 26.1 Å². The molecular weight excluding hydrogens is 532 g/mol. The van der Waals surface area contributed by atoms with E-state index in [0.29, 0.717) is 13.2 Å². The zero-order valence-electron chi connectivity index (χ0n) is 29.9. The molecule has 1 heterocycles. The van der Waals surface area contributed by atoms with Gasteiger partial charge in [0.25, 0.3) is 0 Å². The van der Waals surface area contributed by atoms with Crippen molar-refractivity contribution in [2.45, 2.75) is 225 Å². The molecule has 4 heteroatoms. The third-order valence-corrected chi connectivity index (χ3v) is 9.13. The highest BCUT2D eigenvalue weighted by Crippen LogP contribution is 2.28. The highest BCUT2D eigenvalue weighted by Gasteiger charge is 2.41. The molecule has 0 aromatic carbocycles. The molecule has 0 aromatic rings. The summed E-state index contributed by atoms with van der Waals surface area (Å²) in [6.07, 6.45) is 38.7. The van der Waals surface area contributed by atoms with Crippen LogP contribution in [0.5, 0.6) is 0 Å². The van der Waals surface area contributed by atoms with E-state index in [1.807, 2.05) is 13.8 Å². The molecule has 1 rings (SSSR count). The van der Waals surface area contributed by atoms with Crippen molar-refractivity contribution in [3.05, 3.63) is 0 Å². The van der Waals surface area contributed by atoms with Crippen LogP contribution in [0.2, 0.25) is 0 Å². The van der Waals surface area contributed by atoms with Gasteiger partial charge >= 0.3 is 0 Å². The summed E-state index contributed by atoms with van der Waals surface area (Å²) < 4.78 is 24.3. The normalized spacial score (nSPS) is 18.1. The largest absolute Gasteiger partial charge is 0.379 e. The summed E-state index contributed by atoms with van der Waals surface area (Å²) in [5.41, 5.74) is 0. The minimum absolute atomic E-state index is 0.0296. The van der Waals surface area contributed by atoms with E-state index in [2.05, 4.69) is 13.8 Å². The van der Waals surface area contributed by atoms with Gasteiger partial charge in [-0.25, -0.2) is 0 Å². The second-order valence-electron chi connectivity index (χ2n) is 14.1. The summed E-state index contributed by atoms with van der Waals surface area (Å²) in [5.74, 6) is -0.549. The molecule has 1 saturated heterocycles. The van der Waals surface area contributed by atoms with Gasteiger partial charge in [-0.1, -0.05) is 181 Å². The Hall–Kier alpha value is -0.160. The van der Waals surface area contributed by atoms with Gasteiger partial charge in [-0.05, 0) is 26.7 Å². The molecule has 0 saturated carbocycles. The lowest BCUT2D eigenvalue weighted by atomic mass is 10.0. The van der Waals surface area contributed by atoms with Gasteiger partial charge in [0.05, 0.1) is 13.2 Å². The summed E-state index contributed by atoms with van der Waals surface area (Å²) in [4.78, 5) is 0. The molecule has 1 aliphatic rings. The van der Waals surface area contributed by atoms with Crippen LogP contribution >= 0.6 is 0 Å². The fourth-order valence-electron chi connectivity index (χ4n) is 6.39. The van der Waals surface area contributed by atoms with E-state index in [4.69, 9.17) is 18.9 Å². The lowest BCUT2D eigenvalue weighted by Gasteiger charge is -2.17. The number of hydrogen-bond acceptors (Lipinski definition) is 4. The van der Waals surface area contributed by atoms with Crippen molar-refractivity contribution in [1.29, 1.82) is 0 Å². The number of rotatable bonds is 34. The van der Waals surface area contributed by atoms with Crippen LogP contribution in [0.25, 0.3) is 0 Å². The molecule has 0 bridgehead atoms. The lowest BCUT2D eigenvalue weighted by Crippen LogP contribution is -2.32. The molecule has 4 nitrogen and oxygen atoms in total. The molecular formula is C39H78O4. The van der Waals surface area contributed by atoms with E-state index in [9.17, 15) is 0 Å². The fourth-order valence-corrected chi connectivity index (χ4v) is 6.39. The van der Waals surface area contributed by atoms with Crippen LogP contribution in [-0.2, 0) is 18.9 Å². The first kappa shape index (κ1) is 40.9. The minimum Gasteiger partial charge on any atom is -0.379 e. The summed E-state index contributed by atoms with van der Waals surface area (Å²) >= 11 is 0. The fraction of sp³-hybridized carbons (Fsp3) is 1.00. The van der Waals surface area contributed by atoms with Crippen molar-refractivity contribution in [2.75, 3.05) is 26.4 Å². The van der Waals surface area contributed by atoms with E-state index in [1.165, 1.54) is 167 Å². The summed E-state index contributed by atoms with van der Waals surface area (Å²) in [5, 5.41) is 0. The topological polar surface area (TPSA) is 36.9 Å². The van der Waals surface area contributed by atoms with Crippen molar-refractivity contribution in [1.82, 2.24) is 0 Å². The zero-order valence-corrected chi connectivity index (χ0v) is 29.9. The highest BCUT2D eigenvalue weighted by molar-refractivity contribution is 4.81. The lowest BCUT2D eigenvalue weighted by molar-refractivity contribution is -0.154. The molecule has 0 unspecified atom stereocenters. The van der Waals surface area contributed by atoms with Gasteiger partial charge in [0.2, 0.25) is 0 Å². The van der Waals surface area contributed by atoms with E-state index >= 15 is 0 Å². The Morgan fingerprint density at radius 2 is 0.605 bits per heavy atom. The molecule has 43 heavy (non-hydrogen) atoms. The van der Waals surface area contributed by atoms with Gasteiger partial charge < -0.3 is 18.9 Å². The van der Waals surface area contributed by atoms with Crippen molar-refractivity contribution < 1.29 is 18.9 Å². The molecule has 0 amide bonds. The number of unbranched alkanes of at least 4 members (excludes halogenated alkanes) is 26. The van der Waals surface area contributed by atoms with Crippen molar-refractivity contribution in [3.63, 3.8) is 0 Å². The summed E-state index contributed by atoms with van der Waals surface area (Å²) in [6, 6.07) is 0. The minimum atomic E-state index is -0.549. The average molecular weight is 611 g/mol. The van der Waals surface area contributed by atoms with Crippen molar-refractivity contribution in [2.24, 2.45) is 0 Å². The third-order valence-electron chi connectivity index (χ3n) is 9.13. The van der Waals surface area contributed by atoms with Crippen LogP contribution in [0, 0.1) is 0 Å². The van der Waals surface area contributed by atoms with Crippen LogP contribution in [0.15, 0.2) is 0 Å². The zero-order chi connectivity index (χ0) is 31.1. The van der Waals surface area contributed by atoms with Gasteiger partial charge in [0, 0.05) is 13.2 Å². The van der Waals surface area contributed by atoms with Gasteiger partial charge in [-0.15, -0.1) is 0 Å². The maximum absolute atomic E-state index is 6.14. The molecule has 258 valence electrons. The van der Waals surface area contributed by atoms with E-state index in [1.54, 1.807) is 0 Å². The standard InChI is InChI=1S/C39H78O4/c1-5-7-9-11-13-15-17-19-21-23-25-27-29-31-33-40-35-37-38(43-39(3,4)42-37)36-41-34-32-30-28-26-24-22-20-18-16-14-12-10-8-6-2/h37-38H,5-36H2,1-4H3/t37-,38-/m0/s1. The monoisotopic (exact) mass is 611 g/mol. The number of hydrogen-bond donors (Lipinski definition) is 0. The van der Waals surface area contributed by atoms with Crippen LogP contribution < -0.4 is 0 Å². The van der Waals surface area contributed by atoms with Crippen molar-refractivity contribution in [3.8, 4) is 0 Å². The van der Waals surface area contributed by atoms with Gasteiger partial charge in [-0.3, -0.25) is 0 Å². The molecule has 0 spiro atoms. The molecule has 0 radical (unpaired) electrons. The molecule has 0 aromatic heterocycles. The van der Waals surface area contributed by atoms with Crippen LogP contribution in [0.3, 0.4) is 0 Å². The van der Waals surface area contributed by atoms with Crippen LogP contribution in [0.1, 0.15) is 207 Å². The first-order chi connectivity index (χ1) is 21.1. The van der Waals surface area contributed by atoms with Crippen molar-refractivity contribution >= 4 is 0 Å². The quantitative estimate of drug-likeness (QED) is 0.0679. The van der Waals surface area contributed by atoms with Gasteiger partial charge in [-0.2, -0.15) is 0 Å². The number of ether oxygens (including phenoxy) is 4. The van der Waals surface area contributed by atoms with E-state index < -0.39 is 5.79 Å². The van der Waals surface area contributed by atoms with Crippen LogP contribution in [0.4, 0.5) is 0 Å². The summed E-state index contributed by atoms with van der Waals surface area (Å²) in [7, 11) is 0. The Kier molecular flexibility index (Phi) is 29.0. The molecule has 1 aliphatic heterocycles. The van der Waals surface area contributed by atoms with Gasteiger partial charge in [0.1, 0.15) is 12.2 Å². The Morgan fingerprint density at radius 3 is 0.860 bits per heavy atom. The molecule has 0 aliphatic carbocycles. The second-order valence-corrected chi connectivity index (χ2v) is 14.1. The maximum atomic E-state index is 6.14. The Labute approximate surface area is 270 Å². The average Bonchev–Trinajstić information content (AvgIpc) is 3.29. The Morgan fingerprint density at radius 1 is 0.372 bits per heavy atom. The highest BCUT2D eigenvalue weighted by atomic mass is 16.8. The second kappa shape index (κ2) is 30.5. The smallest absolute Gasteiger partial charge is 0.163 e.